The van der Waals surface area contributed by atoms with Crippen LogP contribution in [0.4, 0.5) is 24.5 Å². The minimum atomic E-state index is -4.47. The fourth-order valence-corrected chi connectivity index (χ4v) is 1.89. The lowest BCUT2D eigenvalue weighted by molar-refractivity contribution is -0.137. The Balaban J connectivity index is 2.39. The minimum absolute atomic E-state index is 0.0801. The molecule has 0 fully saturated rings. The van der Waals surface area contributed by atoms with Crippen molar-refractivity contribution < 1.29 is 13.2 Å². The molecule has 0 radical (unpaired) electrons. The molecule has 0 saturated heterocycles. The molecule has 7 heteroatoms. The van der Waals surface area contributed by atoms with Crippen LogP contribution in [0.1, 0.15) is 11.1 Å². The number of nitrogens with one attached hydrogen (secondary N) is 1. The summed E-state index contributed by atoms with van der Waals surface area (Å²) in [6, 6.07) is 6.37. The van der Waals surface area contributed by atoms with Crippen LogP contribution in [-0.2, 0) is 6.18 Å². The highest BCUT2D eigenvalue weighted by Crippen LogP contribution is 2.33. The van der Waals surface area contributed by atoms with Gasteiger partial charge in [0, 0.05) is 12.4 Å². The van der Waals surface area contributed by atoms with Gasteiger partial charge >= 0.3 is 6.18 Å². The molecule has 0 aliphatic carbocycles. The summed E-state index contributed by atoms with van der Waals surface area (Å²) in [7, 11) is 0. The van der Waals surface area contributed by atoms with Crippen molar-refractivity contribution >= 4 is 27.3 Å². The van der Waals surface area contributed by atoms with Crippen molar-refractivity contribution in [1.82, 2.24) is 4.98 Å². The van der Waals surface area contributed by atoms with Crippen LogP contribution in [-0.4, -0.2) is 4.98 Å². The Labute approximate surface area is 121 Å². The van der Waals surface area contributed by atoms with E-state index >= 15 is 0 Å². The number of aromatic nitrogens is 1. The van der Waals surface area contributed by atoms with E-state index in [0.717, 1.165) is 12.1 Å². The highest BCUT2D eigenvalue weighted by molar-refractivity contribution is 9.10. The van der Waals surface area contributed by atoms with Gasteiger partial charge in [-0.25, -0.2) is 0 Å². The van der Waals surface area contributed by atoms with E-state index < -0.39 is 11.7 Å². The largest absolute Gasteiger partial charge is 0.416 e. The average Bonchev–Trinajstić information content (AvgIpc) is 2.40. The Hall–Kier alpha value is -2.07. The van der Waals surface area contributed by atoms with E-state index in [1.165, 1.54) is 12.3 Å². The predicted molar refractivity (Wildman–Crippen MR) is 71.4 cm³/mol. The summed E-state index contributed by atoms with van der Waals surface area (Å²) >= 11 is 3.26. The monoisotopic (exact) mass is 341 g/mol. The molecule has 0 aliphatic heterocycles. The van der Waals surface area contributed by atoms with Crippen LogP contribution in [0.5, 0.6) is 0 Å². The summed E-state index contributed by atoms with van der Waals surface area (Å²) in [4.78, 5) is 3.87. The number of alkyl halides is 3. The molecule has 1 aromatic carbocycles. The second-order valence-electron chi connectivity index (χ2n) is 3.85. The van der Waals surface area contributed by atoms with Crippen LogP contribution in [0.2, 0.25) is 0 Å². The summed E-state index contributed by atoms with van der Waals surface area (Å²) in [5, 5.41) is 11.9. The van der Waals surface area contributed by atoms with Crippen LogP contribution in [0, 0.1) is 11.3 Å². The van der Waals surface area contributed by atoms with Gasteiger partial charge in [-0.05, 0) is 40.2 Å². The lowest BCUT2D eigenvalue weighted by Crippen LogP contribution is -2.06. The number of hydrogen-bond donors (Lipinski definition) is 1. The number of nitrogens with zero attached hydrogens (tertiary/aromatic N) is 2. The molecule has 0 spiro atoms. The fraction of sp³-hybridized carbons (Fsp3) is 0.0769. The predicted octanol–water partition coefficient (Wildman–Crippen LogP) is 4.48. The zero-order valence-corrected chi connectivity index (χ0v) is 11.5. The molecular weight excluding hydrogens is 335 g/mol. The Morgan fingerprint density at radius 1 is 1.20 bits per heavy atom. The standard InChI is InChI=1S/C13H7BrF3N3/c14-10-7-19-4-3-12(10)20-11-2-1-9(13(15,16)17)5-8(11)6-18/h1-5,7H,(H,19,20). The number of halogens is 4. The first kappa shape index (κ1) is 14.3. The summed E-state index contributed by atoms with van der Waals surface area (Å²) in [5.41, 5.74) is -0.0272. The van der Waals surface area contributed by atoms with Gasteiger partial charge < -0.3 is 5.32 Å². The van der Waals surface area contributed by atoms with E-state index in [2.05, 4.69) is 26.2 Å². The molecule has 2 rings (SSSR count). The van der Waals surface area contributed by atoms with Gasteiger partial charge in [0.05, 0.1) is 27.0 Å². The first-order valence-corrected chi connectivity index (χ1v) is 6.19. The molecule has 0 unspecified atom stereocenters. The number of pyridine rings is 1. The van der Waals surface area contributed by atoms with Crippen LogP contribution in [0.3, 0.4) is 0 Å². The van der Waals surface area contributed by atoms with Crippen molar-refractivity contribution in [2.45, 2.75) is 6.18 Å². The molecule has 0 aliphatic rings. The third-order valence-corrected chi connectivity index (χ3v) is 3.14. The van der Waals surface area contributed by atoms with Crippen LogP contribution in [0.25, 0.3) is 0 Å². The third-order valence-electron chi connectivity index (χ3n) is 2.51. The number of anilines is 2. The first-order valence-electron chi connectivity index (χ1n) is 5.39. The number of rotatable bonds is 2. The van der Waals surface area contributed by atoms with Gasteiger partial charge in [0.1, 0.15) is 6.07 Å². The van der Waals surface area contributed by atoms with Crippen molar-refractivity contribution in [2.75, 3.05) is 5.32 Å². The van der Waals surface area contributed by atoms with Gasteiger partial charge in [0.2, 0.25) is 0 Å². The van der Waals surface area contributed by atoms with Gasteiger partial charge in [-0.15, -0.1) is 0 Å². The maximum atomic E-state index is 12.6. The number of hydrogen-bond acceptors (Lipinski definition) is 3. The molecule has 0 bridgehead atoms. The van der Waals surface area contributed by atoms with Crippen molar-refractivity contribution in [2.24, 2.45) is 0 Å². The minimum Gasteiger partial charge on any atom is -0.353 e. The molecule has 2 aromatic rings. The summed E-state index contributed by atoms with van der Waals surface area (Å²) in [6.07, 6.45) is -1.40. The quantitative estimate of drug-likeness (QED) is 0.876. The molecule has 1 N–H and O–H groups in total. The van der Waals surface area contributed by atoms with Gasteiger partial charge in [-0.3, -0.25) is 4.98 Å². The Morgan fingerprint density at radius 2 is 1.95 bits per heavy atom. The molecule has 0 atom stereocenters. The topological polar surface area (TPSA) is 48.7 Å². The van der Waals surface area contributed by atoms with E-state index in [-0.39, 0.29) is 5.56 Å². The van der Waals surface area contributed by atoms with Crippen LogP contribution < -0.4 is 5.32 Å². The molecule has 3 nitrogen and oxygen atoms in total. The average molecular weight is 342 g/mol. The molecule has 0 saturated carbocycles. The smallest absolute Gasteiger partial charge is 0.353 e. The van der Waals surface area contributed by atoms with Gasteiger partial charge in [0.15, 0.2) is 0 Å². The Bertz CT molecular complexity index is 677. The normalized spacial score (nSPS) is 10.9. The van der Waals surface area contributed by atoms with E-state index in [0.29, 0.717) is 15.8 Å². The fourth-order valence-electron chi connectivity index (χ4n) is 1.54. The van der Waals surface area contributed by atoms with Gasteiger partial charge in [-0.2, -0.15) is 18.4 Å². The maximum absolute atomic E-state index is 12.6. The maximum Gasteiger partial charge on any atom is 0.416 e. The lowest BCUT2D eigenvalue weighted by Gasteiger charge is -2.12. The highest BCUT2D eigenvalue weighted by Gasteiger charge is 2.31. The molecule has 1 heterocycles. The highest BCUT2D eigenvalue weighted by atomic mass is 79.9. The zero-order chi connectivity index (χ0) is 14.8. The Morgan fingerprint density at radius 3 is 2.55 bits per heavy atom. The summed E-state index contributed by atoms with van der Waals surface area (Å²) in [5.74, 6) is 0. The zero-order valence-electron chi connectivity index (χ0n) is 9.87. The van der Waals surface area contributed by atoms with Crippen molar-refractivity contribution in [3.63, 3.8) is 0 Å². The number of benzene rings is 1. The second kappa shape index (κ2) is 5.51. The Kier molecular flexibility index (Phi) is 3.95. The molecule has 102 valence electrons. The van der Waals surface area contributed by atoms with E-state index in [9.17, 15) is 13.2 Å². The van der Waals surface area contributed by atoms with Crippen LogP contribution >= 0.6 is 15.9 Å². The lowest BCUT2D eigenvalue weighted by atomic mass is 10.1. The first-order chi connectivity index (χ1) is 9.41. The van der Waals surface area contributed by atoms with E-state index in [4.69, 9.17) is 5.26 Å². The molecule has 20 heavy (non-hydrogen) atoms. The van der Waals surface area contributed by atoms with E-state index in [1.54, 1.807) is 18.3 Å². The summed E-state index contributed by atoms with van der Waals surface area (Å²) in [6.45, 7) is 0. The SMILES string of the molecule is N#Cc1cc(C(F)(F)F)ccc1Nc1ccncc1Br. The van der Waals surface area contributed by atoms with Gasteiger partial charge in [-0.1, -0.05) is 0 Å². The summed E-state index contributed by atoms with van der Waals surface area (Å²) < 4.78 is 38.4. The van der Waals surface area contributed by atoms with Crippen molar-refractivity contribution in [1.29, 1.82) is 5.26 Å². The second-order valence-corrected chi connectivity index (χ2v) is 4.70. The molecule has 0 amide bonds. The van der Waals surface area contributed by atoms with Crippen LogP contribution in [0.15, 0.2) is 41.1 Å². The van der Waals surface area contributed by atoms with Crippen molar-refractivity contribution in [3.05, 3.63) is 52.3 Å². The molecule has 1 aromatic heterocycles. The van der Waals surface area contributed by atoms with Gasteiger partial charge in [0.25, 0.3) is 0 Å². The molecular formula is C13H7BrF3N3. The van der Waals surface area contributed by atoms with E-state index in [1.807, 2.05) is 0 Å². The number of nitriles is 1. The van der Waals surface area contributed by atoms with Crippen molar-refractivity contribution in [3.8, 4) is 6.07 Å². The third kappa shape index (κ3) is 3.08.